The Kier molecular flexibility index (Phi) is 4.56. The first kappa shape index (κ1) is 19.2. The Balaban J connectivity index is 1.31. The number of nitrogens with one attached hydrogen (secondary N) is 2. The first-order valence-electron chi connectivity index (χ1n) is 11.4. The van der Waals surface area contributed by atoms with Crippen LogP contribution in [0.2, 0.25) is 0 Å². The first-order valence-corrected chi connectivity index (χ1v) is 11.4. The van der Waals surface area contributed by atoms with E-state index in [9.17, 15) is 4.79 Å². The highest BCUT2D eigenvalue weighted by atomic mass is 16.2. The Labute approximate surface area is 187 Å². The lowest BCUT2D eigenvalue weighted by molar-refractivity contribution is 0.0789. The molecule has 6 rings (SSSR count). The maximum absolute atomic E-state index is 13.4. The van der Waals surface area contributed by atoms with Crippen molar-refractivity contribution in [1.29, 1.82) is 0 Å². The summed E-state index contributed by atoms with van der Waals surface area (Å²) in [7, 11) is 0. The molecule has 3 aliphatic rings. The number of hydrogen-bond donors (Lipinski definition) is 2. The van der Waals surface area contributed by atoms with Gasteiger partial charge in [0.2, 0.25) is 0 Å². The monoisotopic (exact) mass is 426 g/mol. The number of aromatic nitrogens is 2. The second kappa shape index (κ2) is 7.58. The predicted octanol–water partition coefficient (Wildman–Crippen LogP) is 4.09. The molecule has 1 saturated carbocycles. The number of fused-ring (bicyclic) bond motifs is 2. The number of amides is 1. The number of amidine groups is 1. The molecule has 2 fully saturated rings. The van der Waals surface area contributed by atoms with Crippen molar-refractivity contribution >= 4 is 34.2 Å². The Morgan fingerprint density at radius 2 is 1.94 bits per heavy atom. The zero-order chi connectivity index (χ0) is 21.5. The lowest BCUT2D eigenvalue weighted by atomic mass is 9.93. The Hall–Kier alpha value is -3.48. The minimum atomic E-state index is -0.410. The molecule has 1 saturated heterocycles. The smallest absolute Gasteiger partial charge is 0.253 e. The molecule has 0 bridgehead atoms. The van der Waals surface area contributed by atoms with E-state index in [-0.39, 0.29) is 5.91 Å². The molecule has 2 aromatic heterocycles. The van der Waals surface area contributed by atoms with Gasteiger partial charge in [-0.3, -0.25) is 14.8 Å². The molecule has 1 aliphatic carbocycles. The highest BCUT2D eigenvalue weighted by Gasteiger charge is 2.47. The van der Waals surface area contributed by atoms with E-state index in [0.29, 0.717) is 24.7 Å². The summed E-state index contributed by atoms with van der Waals surface area (Å²) in [4.78, 5) is 29.3. The molecule has 1 amide bonds. The summed E-state index contributed by atoms with van der Waals surface area (Å²) in [5.74, 6) is 1.78. The quantitative estimate of drug-likeness (QED) is 0.645. The summed E-state index contributed by atoms with van der Waals surface area (Å²) >= 11 is 0. The van der Waals surface area contributed by atoms with Crippen molar-refractivity contribution in [3.8, 4) is 0 Å². The molecule has 0 unspecified atom stereocenters. The molecular formula is C25H26N6O. The van der Waals surface area contributed by atoms with Gasteiger partial charge in [0.1, 0.15) is 11.4 Å². The number of hydrogen-bond acceptors (Lipinski definition) is 5. The highest BCUT2D eigenvalue weighted by molar-refractivity contribution is 6.10. The number of pyridine rings is 2. The number of aliphatic imine (C=N–C) groups is 1. The summed E-state index contributed by atoms with van der Waals surface area (Å²) in [6.45, 7) is 1.25. The standard InChI is InChI=1S/C25H26N6O/c32-23(18-9-10-20-17(15-18)5-3-12-26-20)31-14-11-25(16-31)24(28-19-6-1-2-7-19)29-22-21(30-25)8-4-13-27-22/h3-5,8-10,12-13,15,19,30H,1-2,6-7,11,14,16H2,(H,27,28,29)/t25-/m0/s1. The molecule has 7 heteroatoms. The largest absolute Gasteiger partial charge is 0.368 e. The van der Waals surface area contributed by atoms with Gasteiger partial charge in [-0.25, -0.2) is 4.98 Å². The second-order valence-electron chi connectivity index (χ2n) is 9.04. The Morgan fingerprint density at radius 3 is 2.84 bits per heavy atom. The van der Waals surface area contributed by atoms with E-state index >= 15 is 0 Å². The van der Waals surface area contributed by atoms with Gasteiger partial charge in [0.25, 0.3) is 5.91 Å². The number of likely N-dealkylation sites (tertiary alicyclic amines) is 1. The second-order valence-corrected chi connectivity index (χ2v) is 9.04. The number of nitrogens with zero attached hydrogens (tertiary/aromatic N) is 4. The molecule has 7 nitrogen and oxygen atoms in total. The predicted molar refractivity (Wildman–Crippen MR) is 126 cm³/mol. The van der Waals surface area contributed by atoms with E-state index < -0.39 is 5.54 Å². The van der Waals surface area contributed by atoms with E-state index in [0.717, 1.165) is 47.5 Å². The zero-order valence-corrected chi connectivity index (χ0v) is 17.9. The average molecular weight is 427 g/mol. The summed E-state index contributed by atoms with van der Waals surface area (Å²) in [6.07, 6.45) is 9.09. The van der Waals surface area contributed by atoms with E-state index in [1.165, 1.54) is 12.8 Å². The van der Waals surface area contributed by atoms with Crippen molar-refractivity contribution in [3.63, 3.8) is 0 Å². The first-order chi connectivity index (χ1) is 15.7. The van der Waals surface area contributed by atoms with Crippen LogP contribution < -0.4 is 10.6 Å². The van der Waals surface area contributed by atoms with Gasteiger partial charge in [-0.15, -0.1) is 0 Å². The van der Waals surface area contributed by atoms with Crippen LogP contribution in [-0.4, -0.2) is 51.3 Å². The van der Waals surface area contributed by atoms with Gasteiger partial charge in [0.15, 0.2) is 5.82 Å². The average Bonchev–Trinajstić information content (AvgIpc) is 3.49. The van der Waals surface area contributed by atoms with Crippen molar-refractivity contribution in [2.24, 2.45) is 4.99 Å². The van der Waals surface area contributed by atoms with Crippen LogP contribution in [0.3, 0.4) is 0 Å². The van der Waals surface area contributed by atoms with Crippen molar-refractivity contribution in [3.05, 3.63) is 60.4 Å². The minimum Gasteiger partial charge on any atom is -0.368 e. The zero-order valence-electron chi connectivity index (χ0n) is 17.9. The molecular weight excluding hydrogens is 400 g/mol. The molecule has 4 heterocycles. The molecule has 1 atom stereocenters. The van der Waals surface area contributed by atoms with Crippen LogP contribution in [0.1, 0.15) is 42.5 Å². The van der Waals surface area contributed by atoms with Crippen LogP contribution in [0.5, 0.6) is 0 Å². The third kappa shape index (κ3) is 3.28. The molecule has 3 aromatic rings. The summed E-state index contributed by atoms with van der Waals surface area (Å²) in [5.41, 5.74) is 2.15. The lowest BCUT2D eigenvalue weighted by Crippen LogP contribution is -2.55. The third-order valence-corrected chi connectivity index (χ3v) is 6.91. The summed E-state index contributed by atoms with van der Waals surface area (Å²) in [5, 5.41) is 8.19. The van der Waals surface area contributed by atoms with Crippen LogP contribution in [0, 0.1) is 0 Å². The Bertz CT molecular complexity index is 1220. The fraction of sp³-hybridized carbons (Fsp3) is 0.360. The number of rotatable bonds is 2. The normalized spacial score (nSPS) is 24.0. The SMILES string of the molecule is O=C(c1ccc2ncccc2c1)N1CC[C@@]2(C1)Nc1cccnc1NC2=NC1CCCC1. The van der Waals surface area contributed by atoms with Crippen molar-refractivity contribution in [2.45, 2.75) is 43.7 Å². The van der Waals surface area contributed by atoms with Gasteiger partial charge >= 0.3 is 0 Å². The maximum atomic E-state index is 13.4. The molecule has 0 radical (unpaired) electrons. The minimum absolute atomic E-state index is 0.0478. The fourth-order valence-electron chi connectivity index (χ4n) is 5.20. The molecule has 1 spiro atoms. The van der Waals surface area contributed by atoms with Gasteiger partial charge < -0.3 is 15.5 Å². The molecule has 32 heavy (non-hydrogen) atoms. The van der Waals surface area contributed by atoms with Gasteiger partial charge in [0.05, 0.1) is 23.8 Å². The maximum Gasteiger partial charge on any atom is 0.253 e. The summed E-state index contributed by atoms with van der Waals surface area (Å²) < 4.78 is 0. The molecule has 2 N–H and O–H groups in total. The van der Waals surface area contributed by atoms with E-state index in [4.69, 9.17) is 4.99 Å². The van der Waals surface area contributed by atoms with Crippen LogP contribution >= 0.6 is 0 Å². The number of anilines is 2. The van der Waals surface area contributed by atoms with E-state index in [2.05, 4.69) is 20.6 Å². The highest BCUT2D eigenvalue weighted by Crippen LogP contribution is 2.37. The summed E-state index contributed by atoms with van der Waals surface area (Å²) in [6, 6.07) is 13.9. The van der Waals surface area contributed by atoms with Gasteiger partial charge in [-0.2, -0.15) is 0 Å². The van der Waals surface area contributed by atoms with Crippen molar-refractivity contribution in [1.82, 2.24) is 14.9 Å². The van der Waals surface area contributed by atoms with Crippen LogP contribution in [0.15, 0.2) is 59.9 Å². The Morgan fingerprint density at radius 1 is 1.09 bits per heavy atom. The number of carbonyl (C=O) groups is 1. The fourth-order valence-corrected chi connectivity index (χ4v) is 5.20. The third-order valence-electron chi connectivity index (χ3n) is 6.91. The number of benzene rings is 1. The van der Waals surface area contributed by atoms with Gasteiger partial charge in [-0.1, -0.05) is 18.9 Å². The van der Waals surface area contributed by atoms with Crippen molar-refractivity contribution < 1.29 is 4.79 Å². The van der Waals surface area contributed by atoms with Gasteiger partial charge in [-0.05, 0) is 55.7 Å². The molecule has 162 valence electrons. The van der Waals surface area contributed by atoms with Crippen LogP contribution in [0.25, 0.3) is 10.9 Å². The van der Waals surface area contributed by atoms with Gasteiger partial charge in [0, 0.05) is 29.9 Å². The van der Waals surface area contributed by atoms with E-state index in [1.807, 2.05) is 47.4 Å². The molecule has 1 aromatic carbocycles. The van der Waals surface area contributed by atoms with Crippen LogP contribution in [0.4, 0.5) is 11.5 Å². The molecule has 2 aliphatic heterocycles. The van der Waals surface area contributed by atoms with E-state index in [1.54, 1.807) is 12.4 Å². The topological polar surface area (TPSA) is 82.5 Å². The van der Waals surface area contributed by atoms with Crippen LogP contribution in [-0.2, 0) is 0 Å². The lowest BCUT2D eigenvalue weighted by Gasteiger charge is -2.38. The van der Waals surface area contributed by atoms with Crippen molar-refractivity contribution in [2.75, 3.05) is 23.7 Å². The number of carbonyl (C=O) groups excluding carboxylic acids is 1.